The van der Waals surface area contributed by atoms with Gasteiger partial charge in [-0.15, -0.1) is 0 Å². The Morgan fingerprint density at radius 3 is 2.43 bits per heavy atom. The van der Waals surface area contributed by atoms with E-state index < -0.39 is 14.2 Å². The van der Waals surface area contributed by atoms with Gasteiger partial charge in [0.2, 0.25) is 5.91 Å². The fraction of sp³-hybridized carbons (Fsp3) is 0.438. The van der Waals surface area contributed by atoms with E-state index in [1.807, 2.05) is 56.0 Å². The first-order valence-corrected chi connectivity index (χ1v) is 11.0. The highest BCUT2D eigenvalue weighted by atomic mass is 28.3. The fourth-order valence-electron chi connectivity index (χ4n) is 2.00. The van der Waals surface area contributed by atoms with Crippen molar-refractivity contribution in [2.45, 2.75) is 31.8 Å². The van der Waals surface area contributed by atoms with E-state index in [1.54, 1.807) is 0 Å². The minimum Gasteiger partial charge on any atom is -0.445 e. The monoisotopic (exact) mass is 333 g/mol. The van der Waals surface area contributed by atoms with Gasteiger partial charge in [0.25, 0.3) is 0 Å². The summed E-state index contributed by atoms with van der Waals surface area (Å²) in [6.07, 6.45) is -0.551. The van der Waals surface area contributed by atoms with E-state index in [1.165, 1.54) is 0 Å². The molecular formula is C16H23N3O3Si. The van der Waals surface area contributed by atoms with Gasteiger partial charge < -0.3 is 15.4 Å². The minimum absolute atomic E-state index is 0.0295. The van der Waals surface area contributed by atoms with Crippen LogP contribution in [0.3, 0.4) is 0 Å². The molecule has 0 aliphatic carbocycles. The molecule has 0 aromatic heterocycles. The summed E-state index contributed by atoms with van der Waals surface area (Å²) < 4.78 is 5.13. The van der Waals surface area contributed by atoms with E-state index in [9.17, 15) is 9.59 Å². The number of alkyl carbamates (subject to hydrolysis) is 1. The number of benzene rings is 1. The van der Waals surface area contributed by atoms with Crippen LogP contribution in [-0.2, 0) is 16.1 Å². The smallest absolute Gasteiger partial charge is 0.407 e. The zero-order valence-electron chi connectivity index (χ0n) is 13.8. The normalized spacial score (nSPS) is 11.9. The van der Waals surface area contributed by atoms with Gasteiger partial charge in [0, 0.05) is 12.1 Å². The van der Waals surface area contributed by atoms with Crippen LogP contribution >= 0.6 is 0 Å². The number of carbonyl (C=O) groups is 2. The molecule has 0 spiro atoms. The third kappa shape index (κ3) is 6.97. The molecule has 1 aromatic rings. The molecule has 0 radical (unpaired) electrons. The van der Waals surface area contributed by atoms with Gasteiger partial charge in [-0.2, -0.15) is 5.26 Å². The number of hydrogen-bond acceptors (Lipinski definition) is 4. The van der Waals surface area contributed by atoms with Crippen molar-refractivity contribution in [2.24, 2.45) is 0 Å². The third-order valence-corrected chi connectivity index (χ3v) is 5.92. The lowest BCUT2D eigenvalue weighted by Gasteiger charge is -2.27. The standard InChI is InChI=1S/C16H23N3O3Si/c1-23(2,3)14(15(20)18-10-9-17)11-19-16(21)22-12-13-7-5-4-6-8-13/h4-8,14H,10-12H2,1-3H3,(H,18,20)(H,19,21)/t14-/m1/s1. The molecule has 1 atom stereocenters. The van der Waals surface area contributed by atoms with E-state index in [0.29, 0.717) is 0 Å². The second-order valence-electron chi connectivity index (χ2n) is 6.24. The average molecular weight is 333 g/mol. The number of amides is 2. The van der Waals surface area contributed by atoms with Crippen molar-refractivity contribution in [3.8, 4) is 6.07 Å². The first-order valence-electron chi connectivity index (χ1n) is 7.44. The molecule has 0 fully saturated rings. The maximum absolute atomic E-state index is 12.1. The molecule has 7 heteroatoms. The van der Waals surface area contributed by atoms with Crippen molar-refractivity contribution in [3.63, 3.8) is 0 Å². The van der Waals surface area contributed by atoms with Gasteiger partial charge in [0.05, 0.1) is 14.1 Å². The van der Waals surface area contributed by atoms with Crippen LogP contribution in [-0.4, -0.2) is 33.2 Å². The second-order valence-corrected chi connectivity index (χ2v) is 11.7. The number of nitrogens with zero attached hydrogens (tertiary/aromatic N) is 1. The van der Waals surface area contributed by atoms with Crippen molar-refractivity contribution >= 4 is 20.1 Å². The molecule has 0 unspecified atom stereocenters. The lowest BCUT2D eigenvalue weighted by atomic mass is 10.2. The average Bonchev–Trinajstić information content (AvgIpc) is 2.50. The van der Waals surface area contributed by atoms with Crippen LogP contribution in [0.2, 0.25) is 25.2 Å². The summed E-state index contributed by atoms with van der Waals surface area (Å²) in [5, 5.41) is 13.8. The number of hydrogen-bond donors (Lipinski definition) is 2. The van der Waals surface area contributed by atoms with Gasteiger partial charge in [-0.1, -0.05) is 50.0 Å². The van der Waals surface area contributed by atoms with Crippen LogP contribution in [0.1, 0.15) is 5.56 Å². The zero-order valence-corrected chi connectivity index (χ0v) is 14.8. The van der Waals surface area contributed by atoms with Crippen molar-refractivity contribution in [2.75, 3.05) is 13.1 Å². The quantitative estimate of drug-likeness (QED) is 0.591. The van der Waals surface area contributed by atoms with E-state index in [2.05, 4.69) is 10.6 Å². The van der Waals surface area contributed by atoms with Gasteiger partial charge in [0.15, 0.2) is 0 Å². The lowest BCUT2D eigenvalue weighted by Crippen LogP contribution is -2.46. The van der Waals surface area contributed by atoms with E-state index in [0.717, 1.165) is 5.56 Å². The largest absolute Gasteiger partial charge is 0.445 e. The van der Waals surface area contributed by atoms with Crippen LogP contribution < -0.4 is 10.6 Å². The predicted octanol–water partition coefficient (Wildman–Crippen LogP) is 2.26. The summed E-state index contributed by atoms with van der Waals surface area (Å²) >= 11 is 0. The molecule has 1 rings (SSSR count). The van der Waals surface area contributed by atoms with Gasteiger partial charge in [-0.3, -0.25) is 4.79 Å². The first kappa shape index (κ1) is 18.7. The number of ether oxygens (including phenoxy) is 1. The Kier molecular flexibility index (Phi) is 7.28. The molecule has 124 valence electrons. The Hall–Kier alpha value is -2.33. The van der Waals surface area contributed by atoms with Crippen molar-refractivity contribution < 1.29 is 14.3 Å². The molecule has 1 aromatic carbocycles. The Bertz CT molecular complexity index is 564. The maximum atomic E-state index is 12.1. The van der Waals surface area contributed by atoms with Crippen molar-refractivity contribution in [1.82, 2.24) is 10.6 Å². The van der Waals surface area contributed by atoms with Crippen LogP contribution in [0, 0.1) is 11.3 Å². The zero-order chi connectivity index (χ0) is 17.3. The molecular weight excluding hydrogens is 310 g/mol. The molecule has 2 N–H and O–H groups in total. The number of carbonyl (C=O) groups excluding carboxylic acids is 2. The van der Waals surface area contributed by atoms with Gasteiger partial charge in [0.1, 0.15) is 13.2 Å². The topological polar surface area (TPSA) is 91.2 Å². The summed E-state index contributed by atoms with van der Waals surface area (Å²) in [6, 6.07) is 11.3. The first-order chi connectivity index (χ1) is 10.8. The Balaban J connectivity index is 2.49. The van der Waals surface area contributed by atoms with E-state index in [4.69, 9.17) is 10.00 Å². The summed E-state index contributed by atoms with van der Waals surface area (Å²) in [4.78, 5) is 23.9. The molecule has 2 amide bonds. The molecule has 0 bridgehead atoms. The molecule has 6 nitrogen and oxygen atoms in total. The molecule has 0 saturated heterocycles. The SMILES string of the molecule is C[Si](C)(C)[C@H](CNC(=O)OCc1ccccc1)C(=O)NCC#N. The summed E-state index contributed by atoms with van der Waals surface area (Å²) in [7, 11) is -1.85. The number of nitriles is 1. The van der Waals surface area contributed by atoms with Crippen LogP contribution in [0.15, 0.2) is 30.3 Å². The predicted molar refractivity (Wildman–Crippen MR) is 90.3 cm³/mol. The minimum atomic E-state index is -1.85. The number of nitrogens with one attached hydrogen (secondary N) is 2. The highest BCUT2D eigenvalue weighted by molar-refractivity contribution is 6.80. The summed E-state index contributed by atoms with van der Waals surface area (Å²) in [6.45, 7) is 6.49. The van der Waals surface area contributed by atoms with E-state index >= 15 is 0 Å². The molecule has 0 aliphatic heterocycles. The van der Waals surface area contributed by atoms with Crippen molar-refractivity contribution in [1.29, 1.82) is 5.26 Å². The fourth-order valence-corrected chi connectivity index (χ4v) is 3.60. The molecule has 0 heterocycles. The van der Waals surface area contributed by atoms with Gasteiger partial charge in [-0.05, 0) is 5.56 Å². The van der Waals surface area contributed by atoms with Crippen LogP contribution in [0.5, 0.6) is 0 Å². The summed E-state index contributed by atoms with van der Waals surface area (Å²) in [5.74, 6) is -0.200. The second kappa shape index (κ2) is 8.95. The molecule has 0 saturated carbocycles. The maximum Gasteiger partial charge on any atom is 0.407 e. The molecule has 23 heavy (non-hydrogen) atoms. The highest BCUT2D eigenvalue weighted by Gasteiger charge is 2.33. The van der Waals surface area contributed by atoms with Gasteiger partial charge in [-0.25, -0.2) is 4.79 Å². The Morgan fingerprint density at radius 1 is 1.22 bits per heavy atom. The lowest BCUT2D eigenvalue weighted by molar-refractivity contribution is -0.120. The van der Waals surface area contributed by atoms with Crippen molar-refractivity contribution in [3.05, 3.63) is 35.9 Å². The van der Waals surface area contributed by atoms with E-state index in [-0.39, 0.29) is 31.1 Å². The summed E-state index contributed by atoms with van der Waals surface area (Å²) in [5.41, 5.74) is 0.580. The Labute approximate surface area is 137 Å². The van der Waals surface area contributed by atoms with Gasteiger partial charge >= 0.3 is 6.09 Å². The van der Waals surface area contributed by atoms with Crippen LogP contribution in [0.4, 0.5) is 4.79 Å². The Morgan fingerprint density at radius 2 is 1.87 bits per heavy atom. The van der Waals surface area contributed by atoms with Crippen LogP contribution in [0.25, 0.3) is 0 Å². The third-order valence-electron chi connectivity index (χ3n) is 3.37. The highest BCUT2D eigenvalue weighted by Crippen LogP contribution is 2.21. The molecule has 0 aliphatic rings. The number of rotatable bonds is 7.